The Morgan fingerprint density at radius 2 is 2.00 bits per heavy atom. The van der Waals surface area contributed by atoms with E-state index in [1.165, 1.54) is 6.08 Å². The van der Waals surface area contributed by atoms with Gasteiger partial charge in [0.2, 0.25) is 11.9 Å². The van der Waals surface area contributed by atoms with Crippen molar-refractivity contribution in [2.45, 2.75) is 51.2 Å². The number of carbonyl (C=O) groups is 2. The highest BCUT2D eigenvalue weighted by molar-refractivity contribution is 7.85. The molecular formula is C28H33N5O4S. The minimum atomic E-state index is -0.783. The number of para-hydroxylation sites is 1. The summed E-state index contributed by atoms with van der Waals surface area (Å²) in [6, 6.07) is 9.02. The van der Waals surface area contributed by atoms with Crippen LogP contribution in [0.15, 0.2) is 49.2 Å². The highest BCUT2D eigenvalue weighted by atomic mass is 32.2. The van der Waals surface area contributed by atoms with Gasteiger partial charge in [-0.15, -0.1) is 0 Å². The number of anilines is 1. The first-order valence-electron chi connectivity index (χ1n) is 13.1. The van der Waals surface area contributed by atoms with Crippen LogP contribution in [0.4, 0.5) is 5.95 Å². The number of aryl methyl sites for hydroxylation is 1. The number of nitrogens with one attached hydrogen (secondary N) is 1. The summed E-state index contributed by atoms with van der Waals surface area (Å²) >= 11 is 0. The molecule has 5 rings (SSSR count). The van der Waals surface area contributed by atoms with E-state index in [9.17, 15) is 13.8 Å². The van der Waals surface area contributed by atoms with Crippen LogP contribution in [0, 0.1) is 6.92 Å². The lowest BCUT2D eigenvalue weighted by Crippen LogP contribution is -2.34. The van der Waals surface area contributed by atoms with Gasteiger partial charge in [0.05, 0.1) is 11.6 Å². The average molecular weight is 536 g/mol. The van der Waals surface area contributed by atoms with Gasteiger partial charge in [-0.05, 0) is 69.4 Å². The molecule has 2 aromatic heterocycles. The molecular weight excluding hydrogens is 502 g/mol. The first-order valence-corrected chi connectivity index (χ1v) is 14.6. The predicted molar refractivity (Wildman–Crippen MR) is 148 cm³/mol. The van der Waals surface area contributed by atoms with Gasteiger partial charge in [-0.2, -0.15) is 0 Å². The average Bonchev–Trinajstić information content (AvgIpc) is 3.11. The highest BCUT2D eigenvalue weighted by Gasteiger charge is 2.29. The van der Waals surface area contributed by atoms with Crippen molar-refractivity contribution >= 4 is 39.6 Å². The van der Waals surface area contributed by atoms with Crippen LogP contribution < -0.4 is 10.1 Å². The molecule has 0 bridgehead atoms. The molecule has 0 saturated carbocycles. The third kappa shape index (κ3) is 5.65. The molecule has 1 unspecified atom stereocenters. The number of aromatic nitrogens is 3. The van der Waals surface area contributed by atoms with Crippen LogP contribution in [0.25, 0.3) is 11.0 Å². The highest BCUT2D eigenvalue weighted by Crippen LogP contribution is 2.36. The standard InChI is InChI=1S/C28H33N5O4S/c1-3-25(34)32-14-5-4-7-21(18-32)33-26-23(8-6-9-24(26)37-22-11-15-38(36)16-12-22)30-28(33)31-27(35)20-10-13-29-19(2)17-20/h3,6,8-10,13,17,21-22H,1,4-5,7,11-12,14-16,18H2,2H3,(H,30,31,35). The van der Waals surface area contributed by atoms with E-state index in [0.29, 0.717) is 47.4 Å². The number of hydrogen-bond donors (Lipinski definition) is 1. The molecule has 2 amide bonds. The Morgan fingerprint density at radius 3 is 2.76 bits per heavy atom. The van der Waals surface area contributed by atoms with Crippen LogP contribution in [0.3, 0.4) is 0 Å². The number of fused-ring (bicyclic) bond motifs is 1. The van der Waals surface area contributed by atoms with Crippen molar-refractivity contribution in [3.8, 4) is 5.75 Å². The van der Waals surface area contributed by atoms with Crippen molar-refractivity contribution in [3.05, 3.63) is 60.4 Å². The number of amides is 2. The Labute approximate surface area is 224 Å². The lowest BCUT2D eigenvalue weighted by atomic mass is 10.1. The fourth-order valence-corrected chi connectivity index (χ4v) is 6.50. The molecule has 2 saturated heterocycles. The van der Waals surface area contributed by atoms with Crippen LogP contribution >= 0.6 is 0 Å². The number of rotatable bonds is 6. The molecule has 9 nitrogen and oxygen atoms in total. The second-order valence-electron chi connectivity index (χ2n) is 9.87. The molecule has 1 N–H and O–H groups in total. The number of nitrogens with zero attached hydrogens (tertiary/aromatic N) is 4. The zero-order valence-electron chi connectivity index (χ0n) is 21.6. The molecule has 200 valence electrons. The maximum Gasteiger partial charge on any atom is 0.258 e. The molecule has 4 heterocycles. The van der Waals surface area contributed by atoms with Gasteiger partial charge in [-0.25, -0.2) is 4.98 Å². The van der Waals surface area contributed by atoms with E-state index in [2.05, 4.69) is 16.9 Å². The lowest BCUT2D eigenvalue weighted by molar-refractivity contribution is -0.126. The molecule has 10 heteroatoms. The number of hydrogen-bond acceptors (Lipinski definition) is 6. The molecule has 1 atom stereocenters. The largest absolute Gasteiger partial charge is 0.488 e. The topological polar surface area (TPSA) is 106 Å². The molecule has 2 aliphatic heterocycles. The quantitative estimate of drug-likeness (QED) is 0.478. The van der Waals surface area contributed by atoms with E-state index in [1.54, 1.807) is 18.3 Å². The number of likely N-dealkylation sites (tertiary alicyclic amines) is 1. The SMILES string of the molecule is C=CC(=O)N1CCCCC(n2c(NC(=O)c3ccnc(C)c3)nc3cccc(OC4CCS(=O)CC4)c32)C1. The van der Waals surface area contributed by atoms with Gasteiger partial charge < -0.3 is 14.2 Å². The molecule has 1 aromatic carbocycles. The monoisotopic (exact) mass is 535 g/mol. The van der Waals surface area contributed by atoms with Gasteiger partial charge >= 0.3 is 0 Å². The Balaban J connectivity index is 1.57. The maximum atomic E-state index is 13.3. The maximum absolute atomic E-state index is 13.3. The van der Waals surface area contributed by atoms with E-state index >= 15 is 0 Å². The zero-order valence-corrected chi connectivity index (χ0v) is 22.4. The van der Waals surface area contributed by atoms with Crippen molar-refractivity contribution in [1.82, 2.24) is 19.4 Å². The van der Waals surface area contributed by atoms with E-state index in [-0.39, 0.29) is 24.0 Å². The molecule has 3 aromatic rings. The Bertz CT molecular complexity index is 1380. The Kier molecular flexibility index (Phi) is 7.87. The fourth-order valence-electron chi connectivity index (χ4n) is 5.25. The molecule has 2 aliphatic rings. The number of pyridine rings is 1. The summed E-state index contributed by atoms with van der Waals surface area (Å²) in [7, 11) is -0.783. The van der Waals surface area contributed by atoms with Crippen molar-refractivity contribution in [3.63, 3.8) is 0 Å². The summed E-state index contributed by atoms with van der Waals surface area (Å²) < 4.78 is 20.4. The summed E-state index contributed by atoms with van der Waals surface area (Å²) in [4.78, 5) is 36.7. The van der Waals surface area contributed by atoms with Crippen LogP contribution in [0.1, 0.15) is 54.2 Å². The van der Waals surface area contributed by atoms with Gasteiger partial charge in [-0.3, -0.25) is 24.1 Å². The van der Waals surface area contributed by atoms with Crippen molar-refractivity contribution in [1.29, 1.82) is 0 Å². The molecule has 38 heavy (non-hydrogen) atoms. The van der Waals surface area contributed by atoms with E-state index in [1.807, 2.05) is 34.6 Å². The van der Waals surface area contributed by atoms with Gasteiger partial charge in [0.15, 0.2) is 0 Å². The second-order valence-corrected chi connectivity index (χ2v) is 11.6. The Morgan fingerprint density at radius 1 is 1.18 bits per heavy atom. The first-order chi connectivity index (χ1) is 18.4. The van der Waals surface area contributed by atoms with Crippen molar-refractivity contribution in [2.24, 2.45) is 0 Å². The van der Waals surface area contributed by atoms with Gasteiger partial charge in [-0.1, -0.05) is 12.6 Å². The number of benzene rings is 1. The summed E-state index contributed by atoms with van der Waals surface area (Å²) in [5.74, 6) is 1.97. The number of imidazole rings is 1. The second kappa shape index (κ2) is 11.5. The summed E-state index contributed by atoms with van der Waals surface area (Å²) in [5.41, 5.74) is 2.73. The normalized spacial score (nSPS) is 22.0. The van der Waals surface area contributed by atoms with E-state index in [0.717, 1.165) is 43.3 Å². The fraction of sp³-hybridized carbons (Fsp3) is 0.429. The number of carbonyl (C=O) groups excluding carboxylic acids is 2. The van der Waals surface area contributed by atoms with Gasteiger partial charge in [0, 0.05) is 52.8 Å². The predicted octanol–water partition coefficient (Wildman–Crippen LogP) is 4.02. The summed E-state index contributed by atoms with van der Waals surface area (Å²) in [6.45, 7) is 6.65. The van der Waals surface area contributed by atoms with Crippen LogP contribution in [0.2, 0.25) is 0 Å². The summed E-state index contributed by atoms with van der Waals surface area (Å²) in [6.07, 6.45) is 7.03. The third-order valence-corrected chi connectivity index (χ3v) is 8.57. The van der Waals surface area contributed by atoms with E-state index in [4.69, 9.17) is 9.72 Å². The van der Waals surface area contributed by atoms with E-state index < -0.39 is 10.8 Å². The van der Waals surface area contributed by atoms with Crippen LogP contribution in [0.5, 0.6) is 5.75 Å². The minimum Gasteiger partial charge on any atom is -0.488 e. The van der Waals surface area contributed by atoms with Crippen molar-refractivity contribution in [2.75, 3.05) is 29.9 Å². The molecule has 2 fully saturated rings. The Hall–Kier alpha value is -3.53. The van der Waals surface area contributed by atoms with Crippen LogP contribution in [-0.2, 0) is 15.6 Å². The lowest BCUT2D eigenvalue weighted by Gasteiger charge is -2.27. The summed E-state index contributed by atoms with van der Waals surface area (Å²) in [5, 5.41) is 3.02. The first kappa shape index (κ1) is 26.1. The third-order valence-electron chi connectivity index (χ3n) is 7.18. The van der Waals surface area contributed by atoms with Crippen molar-refractivity contribution < 1.29 is 18.5 Å². The smallest absolute Gasteiger partial charge is 0.258 e. The zero-order chi connectivity index (χ0) is 26.6. The van der Waals surface area contributed by atoms with Gasteiger partial charge in [0.25, 0.3) is 5.91 Å². The molecule has 0 radical (unpaired) electrons. The molecule has 0 aliphatic carbocycles. The number of ether oxygens (including phenoxy) is 1. The molecule has 0 spiro atoms. The minimum absolute atomic E-state index is 0.0348. The van der Waals surface area contributed by atoms with Crippen LogP contribution in [-0.4, -0.2) is 66.2 Å². The van der Waals surface area contributed by atoms with Gasteiger partial charge in [0.1, 0.15) is 17.4 Å².